The summed E-state index contributed by atoms with van der Waals surface area (Å²) in [5, 5.41) is 3.22. The van der Waals surface area contributed by atoms with Crippen LogP contribution in [0.1, 0.15) is 19.8 Å². The molecule has 0 fully saturated rings. The molecule has 92 valence electrons. The van der Waals surface area contributed by atoms with E-state index in [1.165, 1.54) is 0 Å². The van der Waals surface area contributed by atoms with E-state index in [2.05, 4.69) is 32.2 Å². The standard InChI is InChI=1S/C11H18N6/c1-4-5-6-12-11-15-9-8(13-7-14-9)10(16-11)17(2)3/h7H,4-6H2,1-3H3,(H2,12,13,14,15,16). The molecule has 0 spiro atoms. The van der Waals surface area contributed by atoms with Crippen molar-refractivity contribution in [3.63, 3.8) is 0 Å². The summed E-state index contributed by atoms with van der Waals surface area (Å²) >= 11 is 0. The minimum absolute atomic E-state index is 0.641. The second-order valence-electron chi connectivity index (χ2n) is 4.15. The van der Waals surface area contributed by atoms with E-state index in [9.17, 15) is 0 Å². The predicted octanol–water partition coefficient (Wildman–Crippen LogP) is 1.63. The second-order valence-corrected chi connectivity index (χ2v) is 4.15. The van der Waals surface area contributed by atoms with Crippen LogP contribution in [0, 0.1) is 0 Å². The molecule has 0 radical (unpaired) electrons. The number of aromatic nitrogens is 4. The van der Waals surface area contributed by atoms with Gasteiger partial charge in [-0.05, 0) is 6.42 Å². The van der Waals surface area contributed by atoms with Crippen molar-refractivity contribution in [1.82, 2.24) is 19.9 Å². The van der Waals surface area contributed by atoms with Crippen molar-refractivity contribution >= 4 is 22.9 Å². The van der Waals surface area contributed by atoms with E-state index >= 15 is 0 Å². The van der Waals surface area contributed by atoms with Crippen LogP contribution < -0.4 is 10.2 Å². The van der Waals surface area contributed by atoms with Crippen LogP contribution in [0.5, 0.6) is 0 Å². The van der Waals surface area contributed by atoms with Crippen molar-refractivity contribution in [2.75, 3.05) is 30.9 Å². The largest absolute Gasteiger partial charge is 0.361 e. The van der Waals surface area contributed by atoms with E-state index in [0.717, 1.165) is 30.7 Å². The highest BCUT2D eigenvalue weighted by Crippen LogP contribution is 2.20. The molecule has 0 unspecified atom stereocenters. The number of unbranched alkanes of at least 4 members (excludes halogenated alkanes) is 1. The van der Waals surface area contributed by atoms with Gasteiger partial charge < -0.3 is 15.2 Å². The molecule has 0 bridgehead atoms. The summed E-state index contributed by atoms with van der Waals surface area (Å²) in [5.41, 5.74) is 1.57. The molecule has 0 aliphatic rings. The first-order valence-electron chi connectivity index (χ1n) is 5.84. The van der Waals surface area contributed by atoms with E-state index < -0.39 is 0 Å². The van der Waals surface area contributed by atoms with Gasteiger partial charge in [0, 0.05) is 20.6 Å². The van der Waals surface area contributed by atoms with Crippen molar-refractivity contribution in [3.8, 4) is 0 Å². The van der Waals surface area contributed by atoms with Gasteiger partial charge in [0.15, 0.2) is 11.5 Å². The van der Waals surface area contributed by atoms with E-state index in [0.29, 0.717) is 11.6 Å². The van der Waals surface area contributed by atoms with Gasteiger partial charge in [0.25, 0.3) is 0 Å². The third-order valence-electron chi connectivity index (χ3n) is 2.50. The van der Waals surface area contributed by atoms with E-state index in [4.69, 9.17) is 0 Å². The Morgan fingerprint density at radius 1 is 1.35 bits per heavy atom. The summed E-state index contributed by atoms with van der Waals surface area (Å²) in [4.78, 5) is 18.0. The molecule has 0 amide bonds. The molecule has 0 saturated heterocycles. The highest BCUT2D eigenvalue weighted by molar-refractivity contribution is 5.83. The highest BCUT2D eigenvalue weighted by atomic mass is 15.2. The molecule has 0 saturated carbocycles. The van der Waals surface area contributed by atoms with Crippen LogP contribution in [-0.4, -0.2) is 40.6 Å². The number of hydrogen-bond acceptors (Lipinski definition) is 5. The van der Waals surface area contributed by atoms with Crippen LogP contribution in [0.2, 0.25) is 0 Å². The van der Waals surface area contributed by atoms with Gasteiger partial charge in [-0.15, -0.1) is 0 Å². The van der Waals surface area contributed by atoms with Gasteiger partial charge in [-0.25, -0.2) is 4.98 Å². The van der Waals surface area contributed by atoms with Crippen molar-refractivity contribution in [3.05, 3.63) is 6.33 Å². The number of H-pyrrole nitrogens is 1. The molecule has 0 atom stereocenters. The number of hydrogen-bond donors (Lipinski definition) is 2. The average Bonchev–Trinajstić information content (AvgIpc) is 2.76. The Balaban J connectivity index is 2.31. The van der Waals surface area contributed by atoms with Crippen LogP contribution in [0.4, 0.5) is 11.8 Å². The maximum absolute atomic E-state index is 4.48. The summed E-state index contributed by atoms with van der Waals surface area (Å²) in [6, 6.07) is 0. The number of aromatic amines is 1. The summed E-state index contributed by atoms with van der Waals surface area (Å²) < 4.78 is 0. The smallest absolute Gasteiger partial charge is 0.226 e. The normalized spacial score (nSPS) is 10.8. The number of imidazole rings is 1. The summed E-state index contributed by atoms with van der Waals surface area (Å²) in [6.45, 7) is 3.05. The Kier molecular flexibility index (Phi) is 3.41. The Bertz CT molecular complexity index is 490. The molecule has 2 heterocycles. The Hall–Kier alpha value is -1.85. The molecule has 2 aromatic rings. The van der Waals surface area contributed by atoms with Gasteiger partial charge in [0.1, 0.15) is 5.52 Å². The van der Waals surface area contributed by atoms with Gasteiger partial charge >= 0.3 is 0 Å². The van der Waals surface area contributed by atoms with Gasteiger partial charge in [-0.1, -0.05) is 13.3 Å². The minimum Gasteiger partial charge on any atom is -0.361 e. The summed E-state index contributed by atoms with van der Waals surface area (Å²) in [6.07, 6.45) is 3.90. The third kappa shape index (κ3) is 2.46. The molecular formula is C11H18N6. The zero-order chi connectivity index (χ0) is 12.3. The lowest BCUT2D eigenvalue weighted by Crippen LogP contribution is -2.14. The van der Waals surface area contributed by atoms with Crippen LogP contribution in [0.25, 0.3) is 11.2 Å². The van der Waals surface area contributed by atoms with Crippen LogP contribution in [0.3, 0.4) is 0 Å². The van der Waals surface area contributed by atoms with E-state index in [1.54, 1.807) is 6.33 Å². The van der Waals surface area contributed by atoms with E-state index in [1.807, 2.05) is 19.0 Å². The first kappa shape index (κ1) is 11.6. The molecular weight excluding hydrogens is 216 g/mol. The van der Waals surface area contributed by atoms with Gasteiger partial charge in [0.05, 0.1) is 6.33 Å². The van der Waals surface area contributed by atoms with Crippen LogP contribution >= 0.6 is 0 Å². The van der Waals surface area contributed by atoms with Gasteiger partial charge in [-0.2, -0.15) is 9.97 Å². The Morgan fingerprint density at radius 3 is 2.88 bits per heavy atom. The Labute approximate surface area is 100 Å². The number of rotatable bonds is 5. The number of anilines is 2. The van der Waals surface area contributed by atoms with Gasteiger partial charge in [0.2, 0.25) is 5.95 Å². The summed E-state index contributed by atoms with van der Waals surface area (Å²) in [5.74, 6) is 1.49. The predicted molar refractivity (Wildman–Crippen MR) is 69.4 cm³/mol. The monoisotopic (exact) mass is 234 g/mol. The van der Waals surface area contributed by atoms with Crippen molar-refractivity contribution in [2.45, 2.75) is 19.8 Å². The maximum Gasteiger partial charge on any atom is 0.226 e. The quantitative estimate of drug-likeness (QED) is 0.769. The highest BCUT2D eigenvalue weighted by Gasteiger charge is 2.10. The third-order valence-corrected chi connectivity index (χ3v) is 2.50. The number of fused-ring (bicyclic) bond motifs is 1. The molecule has 0 aliphatic carbocycles. The summed E-state index contributed by atoms with van der Waals surface area (Å²) in [7, 11) is 3.91. The second kappa shape index (κ2) is 4.99. The molecule has 2 aromatic heterocycles. The topological polar surface area (TPSA) is 69.7 Å². The zero-order valence-corrected chi connectivity index (χ0v) is 10.5. The molecule has 0 aliphatic heterocycles. The number of nitrogens with zero attached hydrogens (tertiary/aromatic N) is 4. The Morgan fingerprint density at radius 2 is 2.18 bits per heavy atom. The molecule has 6 heteroatoms. The van der Waals surface area contributed by atoms with Crippen LogP contribution in [-0.2, 0) is 0 Å². The van der Waals surface area contributed by atoms with Crippen molar-refractivity contribution < 1.29 is 0 Å². The molecule has 2 rings (SSSR count). The van der Waals surface area contributed by atoms with Crippen molar-refractivity contribution in [2.24, 2.45) is 0 Å². The van der Waals surface area contributed by atoms with Gasteiger partial charge in [-0.3, -0.25) is 0 Å². The SMILES string of the molecule is CCCCNc1nc(N(C)C)c2[nH]cnc2n1. The first-order valence-corrected chi connectivity index (χ1v) is 5.84. The molecule has 2 N–H and O–H groups in total. The van der Waals surface area contributed by atoms with Crippen LogP contribution in [0.15, 0.2) is 6.33 Å². The van der Waals surface area contributed by atoms with E-state index in [-0.39, 0.29) is 0 Å². The molecule has 17 heavy (non-hydrogen) atoms. The number of nitrogens with one attached hydrogen (secondary N) is 2. The average molecular weight is 234 g/mol. The maximum atomic E-state index is 4.48. The minimum atomic E-state index is 0.641. The fraction of sp³-hybridized carbons (Fsp3) is 0.545. The fourth-order valence-electron chi connectivity index (χ4n) is 1.60. The van der Waals surface area contributed by atoms with Crippen molar-refractivity contribution in [1.29, 1.82) is 0 Å². The zero-order valence-electron chi connectivity index (χ0n) is 10.5. The fourth-order valence-corrected chi connectivity index (χ4v) is 1.60. The lowest BCUT2D eigenvalue weighted by Gasteiger charge is -2.13. The first-order chi connectivity index (χ1) is 8.22. The molecule has 6 nitrogen and oxygen atoms in total. The lowest BCUT2D eigenvalue weighted by molar-refractivity contribution is 0.826. The molecule has 0 aromatic carbocycles. The lowest BCUT2D eigenvalue weighted by atomic mass is 10.3.